The first-order valence-electron chi connectivity index (χ1n) is 8.31. The Kier molecular flexibility index (Phi) is 8.08. The van der Waals surface area contributed by atoms with E-state index in [0.29, 0.717) is 11.8 Å². The van der Waals surface area contributed by atoms with E-state index in [2.05, 4.69) is 10.0 Å². The summed E-state index contributed by atoms with van der Waals surface area (Å²) >= 11 is 0.569. The summed E-state index contributed by atoms with van der Waals surface area (Å²) in [5.41, 5.74) is 0.404. The van der Waals surface area contributed by atoms with Gasteiger partial charge in [-0.1, -0.05) is 12.1 Å². The first-order valence-corrected chi connectivity index (χ1v) is 10.8. The van der Waals surface area contributed by atoms with E-state index in [4.69, 9.17) is 4.74 Å². The van der Waals surface area contributed by atoms with Crippen molar-refractivity contribution in [1.29, 1.82) is 0 Å². The standard InChI is InChI=1S/C18H19F3N2O4S2/c1-27-11-10-22-29(25,26)14-8-6-13(7-9-14)17(24)23-15-4-2-3-5-16(15)28-12-18(19,20)21/h2-9,22H,10-12H2,1H3,(H,23,24). The molecule has 0 saturated heterocycles. The number of amides is 1. The van der Waals surface area contributed by atoms with E-state index < -0.39 is 27.9 Å². The van der Waals surface area contributed by atoms with Crippen molar-refractivity contribution in [2.24, 2.45) is 0 Å². The Morgan fingerprint density at radius 2 is 1.76 bits per heavy atom. The van der Waals surface area contributed by atoms with E-state index in [1.807, 2.05) is 0 Å². The zero-order valence-electron chi connectivity index (χ0n) is 15.3. The number of rotatable bonds is 9. The molecule has 11 heteroatoms. The molecule has 0 aliphatic heterocycles. The molecule has 0 aliphatic rings. The molecule has 2 aromatic carbocycles. The summed E-state index contributed by atoms with van der Waals surface area (Å²) < 4.78 is 68.8. The maximum absolute atomic E-state index is 12.5. The molecule has 0 aliphatic carbocycles. The SMILES string of the molecule is COCCNS(=O)(=O)c1ccc(C(=O)Nc2ccccc2SCC(F)(F)F)cc1. The van der Waals surface area contributed by atoms with Crippen LogP contribution in [0.15, 0.2) is 58.3 Å². The van der Waals surface area contributed by atoms with Gasteiger partial charge >= 0.3 is 6.18 Å². The van der Waals surface area contributed by atoms with Crippen LogP contribution in [0.2, 0.25) is 0 Å². The van der Waals surface area contributed by atoms with Crippen LogP contribution in [0, 0.1) is 0 Å². The predicted molar refractivity (Wildman–Crippen MR) is 105 cm³/mol. The van der Waals surface area contributed by atoms with Crippen molar-refractivity contribution in [2.45, 2.75) is 16.0 Å². The highest BCUT2D eigenvalue weighted by molar-refractivity contribution is 7.99. The topological polar surface area (TPSA) is 84.5 Å². The molecule has 2 aromatic rings. The van der Waals surface area contributed by atoms with Crippen molar-refractivity contribution in [1.82, 2.24) is 4.72 Å². The fraction of sp³-hybridized carbons (Fsp3) is 0.278. The molecule has 1 amide bonds. The van der Waals surface area contributed by atoms with Crippen molar-refractivity contribution in [3.8, 4) is 0 Å². The van der Waals surface area contributed by atoms with Crippen LogP contribution in [-0.2, 0) is 14.8 Å². The molecule has 2 rings (SSSR count). The fourth-order valence-corrected chi connectivity index (χ4v) is 3.98. The van der Waals surface area contributed by atoms with Gasteiger partial charge in [0, 0.05) is 24.1 Å². The molecule has 0 radical (unpaired) electrons. The van der Waals surface area contributed by atoms with Crippen molar-refractivity contribution in [3.63, 3.8) is 0 Å². The molecule has 0 spiro atoms. The Morgan fingerprint density at radius 3 is 2.38 bits per heavy atom. The van der Waals surface area contributed by atoms with Gasteiger partial charge in [0.05, 0.1) is 22.9 Å². The van der Waals surface area contributed by atoms with Crippen LogP contribution in [0.1, 0.15) is 10.4 Å². The first kappa shape index (κ1) is 23.2. The second-order valence-corrected chi connectivity index (χ2v) is 8.55. The van der Waals surface area contributed by atoms with Gasteiger partial charge in [0.15, 0.2) is 0 Å². The van der Waals surface area contributed by atoms with Crippen LogP contribution in [0.4, 0.5) is 18.9 Å². The summed E-state index contributed by atoms with van der Waals surface area (Å²) in [4.78, 5) is 12.7. The number of sulfonamides is 1. The molecule has 0 bridgehead atoms. The minimum absolute atomic E-state index is 0.0220. The monoisotopic (exact) mass is 448 g/mol. The Bertz CT molecular complexity index is 933. The summed E-state index contributed by atoms with van der Waals surface area (Å²) in [6, 6.07) is 11.3. The van der Waals surface area contributed by atoms with Gasteiger partial charge in [-0.15, -0.1) is 11.8 Å². The van der Waals surface area contributed by atoms with Crippen molar-refractivity contribution < 1.29 is 31.1 Å². The Hall–Kier alpha value is -2.08. The van der Waals surface area contributed by atoms with Gasteiger partial charge in [-0.3, -0.25) is 4.79 Å². The zero-order chi connectivity index (χ0) is 21.5. The molecule has 2 N–H and O–H groups in total. The maximum atomic E-state index is 12.5. The quantitative estimate of drug-likeness (QED) is 0.453. The molecule has 0 atom stereocenters. The lowest BCUT2D eigenvalue weighted by Crippen LogP contribution is -2.27. The molecule has 29 heavy (non-hydrogen) atoms. The summed E-state index contributed by atoms with van der Waals surface area (Å²) in [6.07, 6.45) is -4.33. The Morgan fingerprint density at radius 1 is 1.10 bits per heavy atom. The second kappa shape index (κ2) is 10.1. The molecule has 0 aromatic heterocycles. The molecule has 0 fully saturated rings. The number of methoxy groups -OCH3 is 1. The third-order valence-corrected chi connectivity index (χ3v) is 6.17. The van der Waals surface area contributed by atoms with Crippen LogP contribution in [0.25, 0.3) is 0 Å². The summed E-state index contributed by atoms with van der Waals surface area (Å²) in [7, 11) is -2.29. The zero-order valence-corrected chi connectivity index (χ0v) is 17.0. The first-order chi connectivity index (χ1) is 13.6. The van der Waals surface area contributed by atoms with Gasteiger partial charge < -0.3 is 10.1 Å². The number of thioether (sulfide) groups is 1. The van der Waals surface area contributed by atoms with E-state index >= 15 is 0 Å². The third-order valence-electron chi connectivity index (χ3n) is 3.55. The van der Waals surface area contributed by atoms with Crippen LogP contribution in [0.3, 0.4) is 0 Å². The van der Waals surface area contributed by atoms with Gasteiger partial charge in [0.1, 0.15) is 0 Å². The molecule has 158 valence electrons. The number of carbonyl (C=O) groups is 1. The number of hydrogen-bond acceptors (Lipinski definition) is 5. The summed E-state index contributed by atoms with van der Waals surface area (Å²) in [5.74, 6) is -1.65. The molecule has 0 saturated carbocycles. The van der Waals surface area contributed by atoms with Crippen molar-refractivity contribution >= 4 is 33.4 Å². The van der Waals surface area contributed by atoms with Gasteiger partial charge in [0.25, 0.3) is 5.91 Å². The van der Waals surface area contributed by atoms with Gasteiger partial charge in [-0.05, 0) is 36.4 Å². The third kappa shape index (κ3) is 7.35. The van der Waals surface area contributed by atoms with Gasteiger partial charge in [0.2, 0.25) is 10.0 Å². The number of ether oxygens (including phenoxy) is 1. The highest BCUT2D eigenvalue weighted by Gasteiger charge is 2.27. The molecular weight excluding hydrogens is 429 g/mol. The average molecular weight is 448 g/mol. The van der Waals surface area contributed by atoms with E-state index in [9.17, 15) is 26.4 Å². The van der Waals surface area contributed by atoms with Crippen LogP contribution in [-0.4, -0.2) is 46.5 Å². The lowest BCUT2D eigenvalue weighted by Gasteiger charge is -2.12. The lowest BCUT2D eigenvalue weighted by atomic mass is 10.2. The fourth-order valence-electron chi connectivity index (χ4n) is 2.20. The van der Waals surface area contributed by atoms with Gasteiger partial charge in [-0.25, -0.2) is 13.1 Å². The summed E-state index contributed by atoms with van der Waals surface area (Å²) in [5, 5.41) is 2.55. The predicted octanol–water partition coefficient (Wildman–Crippen LogP) is 3.52. The molecular formula is C18H19F3N2O4S2. The minimum Gasteiger partial charge on any atom is -0.383 e. The number of carbonyl (C=O) groups excluding carboxylic acids is 1. The summed E-state index contributed by atoms with van der Waals surface area (Å²) in [6.45, 7) is 0.318. The largest absolute Gasteiger partial charge is 0.398 e. The van der Waals surface area contributed by atoms with E-state index in [1.165, 1.54) is 43.5 Å². The van der Waals surface area contributed by atoms with Crippen LogP contribution in [0.5, 0.6) is 0 Å². The number of halogens is 3. The number of anilines is 1. The maximum Gasteiger partial charge on any atom is 0.398 e. The number of nitrogens with one attached hydrogen (secondary N) is 2. The Balaban J connectivity index is 2.09. The number of alkyl halides is 3. The van der Waals surface area contributed by atoms with E-state index in [0.717, 1.165) is 0 Å². The van der Waals surface area contributed by atoms with Crippen LogP contribution < -0.4 is 10.0 Å². The van der Waals surface area contributed by atoms with Crippen molar-refractivity contribution in [2.75, 3.05) is 31.3 Å². The number of benzene rings is 2. The van der Waals surface area contributed by atoms with Crippen molar-refractivity contribution in [3.05, 3.63) is 54.1 Å². The number of hydrogen-bond donors (Lipinski definition) is 2. The molecule has 6 nitrogen and oxygen atoms in total. The highest BCUT2D eigenvalue weighted by Crippen LogP contribution is 2.32. The molecule has 0 heterocycles. The van der Waals surface area contributed by atoms with Gasteiger partial charge in [-0.2, -0.15) is 13.2 Å². The number of para-hydroxylation sites is 1. The molecule has 0 unspecified atom stereocenters. The minimum atomic E-state index is -4.33. The van der Waals surface area contributed by atoms with E-state index in [1.54, 1.807) is 12.1 Å². The lowest BCUT2D eigenvalue weighted by molar-refractivity contribution is -0.105. The smallest absolute Gasteiger partial charge is 0.383 e. The highest BCUT2D eigenvalue weighted by atomic mass is 32.2. The average Bonchev–Trinajstić information content (AvgIpc) is 2.67. The van der Waals surface area contributed by atoms with Crippen LogP contribution >= 0.6 is 11.8 Å². The Labute approximate surface area is 170 Å². The second-order valence-electron chi connectivity index (χ2n) is 5.77. The normalized spacial score (nSPS) is 12.0. The van der Waals surface area contributed by atoms with E-state index in [-0.39, 0.29) is 34.2 Å².